The lowest BCUT2D eigenvalue weighted by Crippen LogP contribution is -2.43. The Kier molecular flexibility index (Phi) is 3.11. The topological polar surface area (TPSA) is 19.4 Å². The zero-order chi connectivity index (χ0) is 17.0. The van der Waals surface area contributed by atoms with Gasteiger partial charge in [0.25, 0.3) is 0 Å². The average molecular weight is 327 g/mol. The number of rotatable bonds is 2. The SMILES string of the molecule is CC(C)N1c2ccc(-c3ccccc3)nc2N2c3ccccc3CC21. The van der Waals surface area contributed by atoms with Crippen molar-refractivity contribution in [2.45, 2.75) is 32.5 Å². The highest BCUT2D eigenvalue weighted by molar-refractivity contribution is 5.86. The molecule has 2 aliphatic rings. The molecular formula is C22H21N3. The molecule has 1 unspecified atom stereocenters. The second-order valence-corrected chi connectivity index (χ2v) is 7.09. The highest BCUT2D eigenvalue weighted by Gasteiger charge is 2.44. The van der Waals surface area contributed by atoms with Crippen LogP contribution in [0, 0.1) is 0 Å². The van der Waals surface area contributed by atoms with Gasteiger partial charge in [-0.1, -0.05) is 48.5 Å². The molecule has 0 radical (unpaired) electrons. The van der Waals surface area contributed by atoms with Crippen LogP contribution < -0.4 is 9.80 Å². The van der Waals surface area contributed by atoms with Gasteiger partial charge in [-0.25, -0.2) is 4.98 Å². The number of nitrogens with zero attached hydrogens (tertiary/aromatic N) is 3. The van der Waals surface area contributed by atoms with E-state index in [1.54, 1.807) is 0 Å². The first-order valence-corrected chi connectivity index (χ1v) is 8.96. The summed E-state index contributed by atoms with van der Waals surface area (Å²) in [5.41, 5.74) is 6.16. The molecule has 124 valence electrons. The van der Waals surface area contributed by atoms with Crippen LogP contribution in [0.1, 0.15) is 19.4 Å². The lowest BCUT2D eigenvalue weighted by atomic mass is 10.1. The predicted octanol–water partition coefficient (Wildman–Crippen LogP) is 5.00. The summed E-state index contributed by atoms with van der Waals surface area (Å²) in [6.07, 6.45) is 1.39. The average Bonchev–Trinajstić information content (AvgIpc) is 3.16. The van der Waals surface area contributed by atoms with Crippen LogP contribution in [-0.2, 0) is 6.42 Å². The summed E-state index contributed by atoms with van der Waals surface area (Å²) in [5, 5.41) is 0. The lowest BCUT2D eigenvalue weighted by Gasteiger charge is -2.30. The molecule has 0 fully saturated rings. The number of para-hydroxylation sites is 1. The van der Waals surface area contributed by atoms with Crippen molar-refractivity contribution in [3.8, 4) is 11.3 Å². The number of hydrogen-bond acceptors (Lipinski definition) is 3. The Morgan fingerprint density at radius 3 is 2.44 bits per heavy atom. The van der Waals surface area contributed by atoms with Crippen molar-refractivity contribution in [2.75, 3.05) is 9.80 Å². The fourth-order valence-electron chi connectivity index (χ4n) is 4.22. The third-order valence-electron chi connectivity index (χ3n) is 5.26. The monoisotopic (exact) mass is 327 g/mol. The van der Waals surface area contributed by atoms with Crippen molar-refractivity contribution in [3.63, 3.8) is 0 Å². The van der Waals surface area contributed by atoms with E-state index in [9.17, 15) is 0 Å². The summed E-state index contributed by atoms with van der Waals surface area (Å²) in [7, 11) is 0. The number of benzene rings is 2. The van der Waals surface area contributed by atoms with Gasteiger partial charge in [0.2, 0.25) is 0 Å². The van der Waals surface area contributed by atoms with E-state index in [1.165, 1.54) is 16.9 Å². The van der Waals surface area contributed by atoms with E-state index in [2.05, 4.69) is 84.3 Å². The van der Waals surface area contributed by atoms with Crippen LogP contribution >= 0.6 is 0 Å². The van der Waals surface area contributed by atoms with Gasteiger partial charge < -0.3 is 9.80 Å². The maximum Gasteiger partial charge on any atom is 0.159 e. The minimum atomic E-state index is 0.339. The summed E-state index contributed by atoms with van der Waals surface area (Å²) in [4.78, 5) is 10.0. The Morgan fingerprint density at radius 2 is 1.64 bits per heavy atom. The number of hydrogen-bond donors (Lipinski definition) is 0. The van der Waals surface area contributed by atoms with Crippen LogP contribution in [0.3, 0.4) is 0 Å². The fraction of sp³-hybridized carbons (Fsp3) is 0.227. The number of fused-ring (bicyclic) bond motifs is 5. The molecule has 0 N–H and O–H groups in total. The Morgan fingerprint density at radius 1 is 0.880 bits per heavy atom. The molecule has 3 heterocycles. The molecule has 0 spiro atoms. The van der Waals surface area contributed by atoms with Crippen molar-refractivity contribution >= 4 is 17.2 Å². The molecule has 3 heteroatoms. The van der Waals surface area contributed by atoms with Crippen molar-refractivity contribution in [3.05, 3.63) is 72.3 Å². The van der Waals surface area contributed by atoms with Gasteiger partial charge in [-0.3, -0.25) is 0 Å². The van der Waals surface area contributed by atoms with E-state index in [0.29, 0.717) is 12.2 Å². The number of pyridine rings is 1. The van der Waals surface area contributed by atoms with Gasteiger partial charge in [-0.05, 0) is 37.6 Å². The summed E-state index contributed by atoms with van der Waals surface area (Å²) < 4.78 is 0. The van der Waals surface area contributed by atoms with Gasteiger partial charge >= 0.3 is 0 Å². The molecule has 0 amide bonds. The first kappa shape index (κ1) is 14.5. The van der Waals surface area contributed by atoms with Gasteiger partial charge in [0.05, 0.1) is 11.4 Å². The van der Waals surface area contributed by atoms with Gasteiger partial charge in [0, 0.05) is 23.7 Å². The van der Waals surface area contributed by atoms with E-state index in [0.717, 1.165) is 23.5 Å². The van der Waals surface area contributed by atoms with Gasteiger partial charge in [0.1, 0.15) is 6.17 Å². The summed E-state index contributed by atoms with van der Waals surface area (Å²) in [5.74, 6) is 1.09. The fourth-order valence-corrected chi connectivity index (χ4v) is 4.22. The molecule has 2 aliphatic heterocycles. The van der Waals surface area contributed by atoms with Crippen LogP contribution in [0.4, 0.5) is 17.2 Å². The summed E-state index contributed by atoms with van der Waals surface area (Å²) in [6.45, 7) is 4.53. The molecule has 0 saturated heterocycles. The van der Waals surface area contributed by atoms with E-state index in [-0.39, 0.29) is 0 Å². The van der Waals surface area contributed by atoms with Gasteiger partial charge in [-0.15, -0.1) is 0 Å². The highest BCUT2D eigenvalue weighted by atomic mass is 15.5. The molecule has 3 aromatic rings. The minimum Gasteiger partial charge on any atom is -0.345 e. The molecule has 1 aromatic heterocycles. The largest absolute Gasteiger partial charge is 0.345 e. The van der Waals surface area contributed by atoms with E-state index in [4.69, 9.17) is 4.98 Å². The molecule has 25 heavy (non-hydrogen) atoms. The molecule has 5 rings (SSSR count). The number of anilines is 3. The Hall–Kier alpha value is -2.81. The van der Waals surface area contributed by atoms with E-state index < -0.39 is 0 Å². The maximum absolute atomic E-state index is 5.08. The predicted molar refractivity (Wildman–Crippen MR) is 103 cm³/mol. The molecule has 1 atom stereocenters. The second-order valence-electron chi connectivity index (χ2n) is 7.09. The molecular weight excluding hydrogens is 306 g/mol. The van der Waals surface area contributed by atoms with Crippen LogP contribution in [0.15, 0.2) is 66.7 Å². The third kappa shape index (κ3) is 2.08. The number of aromatic nitrogens is 1. The van der Waals surface area contributed by atoms with Crippen LogP contribution in [0.25, 0.3) is 11.3 Å². The van der Waals surface area contributed by atoms with Crippen molar-refractivity contribution in [1.82, 2.24) is 4.98 Å². The first-order chi connectivity index (χ1) is 12.2. The lowest BCUT2D eigenvalue weighted by molar-refractivity contribution is 0.589. The molecule has 2 aromatic carbocycles. The molecule has 0 saturated carbocycles. The normalized spacial score (nSPS) is 17.6. The summed E-state index contributed by atoms with van der Waals surface area (Å²) >= 11 is 0. The Balaban J connectivity index is 1.69. The van der Waals surface area contributed by atoms with Crippen molar-refractivity contribution in [1.29, 1.82) is 0 Å². The van der Waals surface area contributed by atoms with Gasteiger partial charge in [-0.2, -0.15) is 0 Å². The van der Waals surface area contributed by atoms with Crippen LogP contribution in [-0.4, -0.2) is 17.2 Å². The minimum absolute atomic E-state index is 0.339. The van der Waals surface area contributed by atoms with Crippen molar-refractivity contribution in [2.24, 2.45) is 0 Å². The van der Waals surface area contributed by atoms with Crippen LogP contribution in [0.2, 0.25) is 0 Å². The Labute approximate surface area is 148 Å². The third-order valence-corrected chi connectivity index (χ3v) is 5.26. The zero-order valence-electron chi connectivity index (χ0n) is 14.6. The van der Waals surface area contributed by atoms with Crippen molar-refractivity contribution < 1.29 is 0 Å². The van der Waals surface area contributed by atoms with Gasteiger partial charge in [0.15, 0.2) is 5.82 Å². The molecule has 0 aliphatic carbocycles. The maximum atomic E-state index is 5.08. The second kappa shape index (κ2) is 5.35. The summed E-state index contributed by atoms with van der Waals surface area (Å²) in [6, 6.07) is 24.0. The highest BCUT2D eigenvalue weighted by Crippen LogP contribution is 2.50. The van der Waals surface area contributed by atoms with E-state index >= 15 is 0 Å². The Bertz CT molecular complexity index is 933. The standard InChI is InChI=1S/C22H21N3/c1-15(2)24-20-13-12-18(16-8-4-3-5-9-16)23-22(20)25-19-11-7-6-10-17(19)14-21(24)25/h3-13,15,21H,14H2,1-2H3. The first-order valence-electron chi connectivity index (χ1n) is 8.96. The van der Waals surface area contributed by atoms with Crippen LogP contribution in [0.5, 0.6) is 0 Å². The smallest absolute Gasteiger partial charge is 0.159 e. The quantitative estimate of drug-likeness (QED) is 0.660. The molecule has 0 bridgehead atoms. The zero-order valence-corrected chi connectivity index (χ0v) is 14.6. The molecule has 3 nitrogen and oxygen atoms in total. The van der Waals surface area contributed by atoms with E-state index in [1.807, 2.05) is 6.07 Å².